The molecule has 1 aromatic carbocycles. The number of hydrogen-bond donors (Lipinski definition) is 0. The van der Waals surface area contributed by atoms with Gasteiger partial charge in [-0.1, -0.05) is 31.5 Å². The molecule has 2 heteroatoms. The Morgan fingerprint density at radius 1 is 1.41 bits per heavy atom. The number of hydrogen-bond acceptors (Lipinski definition) is 1. The van der Waals surface area contributed by atoms with E-state index in [2.05, 4.69) is 45.9 Å². The maximum Gasteiger partial charge on any atom is 0.122 e. The molecule has 1 aliphatic carbocycles. The minimum atomic E-state index is 0.124. The number of ether oxygens (including phenoxy) is 1. The van der Waals surface area contributed by atoms with E-state index in [1.54, 1.807) is 0 Å². The Labute approximate surface area is 109 Å². The van der Waals surface area contributed by atoms with Gasteiger partial charge in [-0.3, -0.25) is 0 Å². The van der Waals surface area contributed by atoms with Crippen LogP contribution in [-0.2, 0) is 0 Å². The van der Waals surface area contributed by atoms with Crippen molar-refractivity contribution < 1.29 is 4.74 Å². The van der Waals surface area contributed by atoms with E-state index in [9.17, 15) is 0 Å². The van der Waals surface area contributed by atoms with Crippen molar-refractivity contribution in [3.05, 3.63) is 29.3 Å². The van der Waals surface area contributed by atoms with Crippen molar-refractivity contribution in [2.24, 2.45) is 5.41 Å². The molecule has 0 N–H and O–H groups in total. The first-order valence-corrected chi connectivity index (χ1v) is 6.79. The Morgan fingerprint density at radius 2 is 2.12 bits per heavy atom. The summed E-state index contributed by atoms with van der Waals surface area (Å²) in [5.74, 6) is 1.00. The van der Waals surface area contributed by atoms with Gasteiger partial charge in [0.05, 0.1) is 0 Å². The third-order valence-electron chi connectivity index (χ3n) is 4.23. The molecule has 0 saturated heterocycles. The standard InChI is InChI=1S/C15H21ClO/c1-5-15(4)13(16)9-14(15)17-12-7-6-10(2)8-11(12)3/h6-8,13-14H,5,9H2,1-4H3. The molecule has 3 unspecified atom stereocenters. The lowest BCUT2D eigenvalue weighted by Gasteiger charge is -2.50. The molecule has 3 atom stereocenters. The maximum atomic E-state index is 6.30. The van der Waals surface area contributed by atoms with Gasteiger partial charge in [0.15, 0.2) is 0 Å². The molecule has 0 amide bonds. The second-order valence-electron chi connectivity index (χ2n) is 5.44. The first kappa shape index (κ1) is 12.8. The van der Waals surface area contributed by atoms with Gasteiger partial charge in [-0.15, -0.1) is 11.6 Å². The van der Waals surface area contributed by atoms with Crippen molar-refractivity contribution >= 4 is 11.6 Å². The highest BCUT2D eigenvalue weighted by atomic mass is 35.5. The minimum absolute atomic E-state index is 0.124. The van der Waals surface area contributed by atoms with Crippen molar-refractivity contribution in [3.63, 3.8) is 0 Å². The van der Waals surface area contributed by atoms with Crippen molar-refractivity contribution in [2.75, 3.05) is 0 Å². The Hall–Kier alpha value is -0.690. The third kappa shape index (κ3) is 2.18. The van der Waals surface area contributed by atoms with Crippen LogP contribution in [-0.4, -0.2) is 11.5 Å². The van der Waals surface area contributed by atoms with Crippen LogP contribution in [0.4, 0.5) is 0 Å². The zero-order valence-electron chi connectivity index (χ0n) is 11.1. The van der Waals surface area contributed by atoms with Crippen LogP contribution in [0.5, 0.6) is 5.75 Å². The first-order chi connectivity index (χ1) is 7.97. The summed E-state index contributed by atoms with van der Waals surface area (Å²) in [6, 6.07) is 6.33. The van der Waals surface area contributed by atoms with Crippen LogP contribution >= 0.6 is 11.6 Å². The van der Waals surface area contributed by atoms with Gasteiger partial charge in [-0.05, 0) is 31.9 Å². The molecule has 1 nitrogen and oxygen atoms in total. The lowest BCUT2D eigenvalue weighted by molar-refractivity contribution is -0.0298. The summed E-state index contributed by atoms with van der Waals surface area (Å²) in [4.78, 5) is 0. The lowest BCUT2D eigenvalue weighted by Crippen LogP contribution is -2.55. The fourth-order valence-electron chi connectivity index (χ4n) is 2.48. The van der Waals surface area contributed by atoms with Gasteiger partial charge in [0, 0.05) is 17.2 Å². The van der Waals surface area contributed by atoms with Crippen molar-refractivity contribution in [1.29, 1.82) is 0 Å². The SMILES string of the molecule is CCC1(C)C(Cl)CC1Oc1ccc(C)cc1C. The van der Waals surface area contributed by atoms with E-state index in [1.165, 1.54) is 11.1 Å². The fourth-order valence-corrected chi connectivity index (χ4v) is 2.94. The van der Waals surface area contributed by atoms with Crippen LogP contribution in [0, 0.1) is 19.3 Å². The minimum Gasteiger partial charge on any atom is -0.489 e. The largest absolute Gasteiger partial charge is 0.489 e. The molecule has 1 aliphatic rings. The van der Waals surface area contributed by atoms with Crippen LogP contribution in [0.15, 0.2) is 18.2 Å². The van der Waals surface area contributed by atoms with Crippen LogP contribution in [0.3, 0.4) is 0 Å². The number of aryl methyl sites for hydroxylation is 2. The lowest BCUT2D eigenvalue weighted by atomic mass is 9.65. The second kappa shape index (κ2) is 4.53. The molecule has 1 aromatic rings. The van der Waals surface area contributed by atoms with E-state index in [0.29, 0.717) is 0 Å². The maximum absolute atomic E-state index is 6.30. The van der Waals surface area contributed by atoms with E-state index in [-0.39, 0.29) is 16.9 Å². The van der Waals surface area contributed by atoms with Crippen molar-refractivity contribution in [1.82, 2.24) is 0 Å². The second-order valence-corrected chi connectivity index (χ2v) is 5.96. The summed E-state index contributed by atoms with van der Waals surface area (Å²) in [5, 5.41) is 0.253. The Morgan fingerprint density at radius 3 is 2.65 bits per heavy atom. The molecule has 2 rings (SSSR count). The normalized spacial score (nSPS) is 32.1. The van der Waals surface area contributed by atoms with Gasteiger partial charge in [-0.2, -0.15) is 0 Å². The van der Waals surface area contributed by atoms with Crippen LogP contribution in [0.25, 0.3) is 0 Å². The molecule has 0 spiro atoms. The molecule has 17 heavy (non-hydrogen) atoms. The molecular weight excluding hydrogens is 232 g/mol. The molecule has 0 aromatic heterocycles. The van der Waals surface area contributed by atoms with Crippen molar-refractivity contribution in [2.45, 2.75) is 52.0 Å². The van der Waals surface area contributed by atoms with E-state index in [4.69, 9.17) is 16.3 Å². The quantitative estimate of drug-likeness (QED) is 0.721. The summed E-state index contributed by atoms with van der Waals surface area (Å²) >= 11 is 6.30. The molecule has 0 aliphatic heterocycles. The summed E-state index contributed by atoms with van der Waals surface area (Å²) in [6.45, 7) is 8.61. The zero-order valence-corrected chi connectivity index (χ0v) is 11.8. The van der Waals surface area contributed by atoms with Gasteiger partial charge < -0.3 is 4.74 Å². The average Bonchev–Trinajstić information content (AvgIpc) is 2.30. The van der Waals surface area contributed by atoms with Crippen LogP contribution < -0.4 is 4.74 Å². The topological polar surface area (TPSA) is 9.23 Å². The third-order valence-corrected chi connectivity index (χ3v) is 4.91. The zero-order chi connectivity index (χ0) is 12.6. The highest BCUT2D eigenvalue weighted by Crippen LogP contribution is 2.49. The van der Waals surface area contributed by atoms with Gasteiger partial charge in [-0.25, -0.2) is 0 Å². The van der Waals surface area contributed by atoms with E-state index in [0.717, 1.165) is 18.6 Å². The summed E-state index contributed by atoms with van der Waals surface area (Å²) in [5.41, 5.74) is 2.61. The monoisotopic (exact) mass is 252 g/mol. The molecule has 94 valence electrons. The summed E-state index contributed by atoms with van der Waals surface area (Å²) in [6.07, 6.45) is 2.28. The van der Waals surface area contributed by atoms with Gasteiger partial charge in [0.1, 0.15) is 11.9 Å². The Kier molecular flexibility index (Phi) is 3.40. The first-order valence-electron chi connectivity index (χ1n) is 6.35. The predicted molar refractivity (Wildman–Crippen MR) is 73.0 cm³/mol. The Bertz CT molecular complexity index is 415. The van der Waals surface area contributed by atoms with Gasteiger partial charge in [0.25, 0.3) is 0 Å². The summed E-state index contributed by atoms with van der Waals surface area (Å²) in [7, 11) is 0. The van der Waals surface area contributed by atoms with E-state index >= 15 is 0 Å². The molecule has 1 saturated carbocycles. The highest BCUT2D eigenvalue weighted by molar-refractivity contribution is 6.21. The molecule has 0 bridgehead atoms. The van der Waals surface area contributed by atoms with E-state index < -0.39 is 0 Å². The van der Waals surface area contributed by atoms with E-state index in [1.807, 2.05) is 0 Å². The van der Waals surface area contributed by atoms with Crippen molar-refractivity contribution in [3.8, 4) is 5.75 Å². The number of halogens is 1. The fraction of sp³-hybridized carbons (Fsp3) is 0.600. The smallest absolute Gasteiger partial charge is 0.122 e. The average molecular weight is 253 g/mol. The molecule has 1 fully saturated rings. The number of rotatable bonds is 3. The molecule has 0 heterocycles. The number of alkyl halides is 1. The van der Waals surface area contributed by atoms with Gasteiger partial charge >= 0.3 is 0 Å². The van der Waals surface area contributed by atoms with Gasteiger partial charge in [0.2, 0.25) is 0 Å². The Balaban J connectivity index is 2.12. The summed E-state index contributed by atoms with van der Waals surface area (Å²) < 4.78 is 6.13. The van der Waals surface area contributed by atoms with Crippen LogP contribution in [0.1, 0.15) is 37.8 Å². The van der Waals surface area contributed by atoms with Crippen LogP contribution in [0.2, 0.25) is 0 Å². The highest BCUT2D eigenvalue weighted by Gasteiger charge is 2.51. The number of benzene rings is 1. The molecule has 0 radical (unpaired) electrons. The predicted octanol–water partition coefficient (Wildman–Crippen LogP) is 4.48. The molecular formula is C15H21ClO.